The summed E-state index contributed by atoms with van der Waals surface area (Å²) in [6, 6.07) is 10.9. The first kappa shape index (κ1) is 15.5. The molecule has 2 rings (SSSR count). The number of thiocarbonyl (C=S) groups is 1. The molecule has 2 aromatic rings. The quantitative estimate of drug-likeness (QED) is 0.516. The lowest BCUT2D eigenvalue weighted by Gasteiger charge is -2.09. The summed E-state index contributed by atoms with van der Waals surface area (Å²) < 4.78 is 12.8. The summed E-state index contributed by atoms with van der Waals surface area (Å²) in [5.41, 5.74) is 0.0644. The third kappa shape index (κ3) is 3.83. The van der Waals surface area contributed by atoms with E-state index in [4.69, 9.17) is 12.2 Å². The number of carbonyl (C=O) groups excluding carboxylic acids is 1. The van der Waals surface area contributed by atoms with Crippen LogP contribution in [0.5, 0.6) is 0 Å². The van der Waals surface area contributed by atoms with E-state index in [0.717, 1.165) is 0 Å². The van der Waals surface area contributed by atoms with Crippen LogP contribution in [0.2, 0.25) is 0 Å². The van der Waals surface area contributed by atoms with E-state index in [-0.39, 0.29) is 16.4 Å². The largest absolute Gasteiger partial charge is 0.332 e. The van der Waals surface area contributed by atoms with E-state index >= 15 is 0 Å². The maximum atomic E-state index is 12.8. The van der Waals surface area contributed by atoms with Crippen molar-refractivity contribution in [2.45, 2.75) is 0 Å². The van der Waals surface area contributed by atoms with Crippen LogP contribution in [0.25, 0.3) is 0 Å². The number of amides is 1. The highest BCUT2D eigenvalue weighted by molar-refractivity contribution is 7.80. The monoisotopic (exact) mass is 319 g/mol. The predicted octanol–water partition coefficient (Wildman–Crippen LogP) is 2.86. The van der Waals surface area contributed by atoms with E-state index in [1.807, 2.05) is 0 Å². The van der Waals surface area contributed by atoms with Gasteiger partial charge in [-0.05, 0) is 42.5 Å². The highest BCUT2D eigenvalue weighted by atomic mass is 32.1. The summed E-state index contributed by atoms with van der Waals surface area (Å²) in [7, 11) is 0. The SMILES string of the molecule is O=C(NC(=S)Nc1ccc(F)cc1)c1ccccc1[N+](=O)[O-]. The summed E-state index contributed by atoms with van der Waals surface area (Å²) in [6.45, 7) is 0. The van der Waals surface area contributed by atoms with Gasteiger partial charge in [0.1, 0.15) is 11.4 Å². The van der Waals surface area contributed by atoms with Crippen molar-refractivity contribution in [2.75, 3.05) is 5.32 Å². The summed E-state index contributed by atoms with van der Waals surface area (Å²) in [6.07, 6.45) is 0. The minimum atomic E-state index is -0.702. The number of hydrogen-bond acceptors (Lipinski definition) is 4. The van der Waals surface area contributed by atoms with E-state index < -0.39 is 16.6 Å². The molecule has 0 bridgehead atoms. The number of nitrogens with one attached hydrogen (secondary N) is 2. The maximum Gasteiger partial charge on any atom is 0.282 e. The number of carbonyl (C=O) groups is 1. The third-order valence-corrected chi connectivity index (χ3v) is 2.88. The van der Waals surface area contributed by atoms with Crippen LogP contribution in [0.3, 0.4) is 0 Å². The zero-order chi connectivity index (χ0) is 16.1. The number of para-hydroxylation sites is 1. The average molecular weight is 319 g/mol. The minimum Gasteiger partial charge on any atom is -0.332 e. The standard InChI is InChI=1S/C14H10FN3O3S/c15-9-5-7-10(8-6-9)16-14(22)17-13(19)11-3-1-2-4-12(11)18(20)21/h1-8H,(H2,16,17,19,22). The van der Waals surface area contributed by atoms with Gasteiger partial charge < -0.3 is 5.32 Å². The Balaban J connectivity index is 2.07. The molecular weight excluding hydrogens is 309 g/mol. The van der Waals surface area contributed by atoms with E-state index in [1.165, 1.54) is 48.5 Å². The molecule has 0 aliphatic heterocycles. The van der Waals surface area contributed by atoms with Gasteiger partial charge in [0, 0.05) is 11.8 Å². The predicted molar refractivity (Wildman–Crippen MR) is 83.2 cm³/mol. The molecule has 2 aromatic carbocycles. The Kier molecular flexibility index (Phi) is 4.74. The van der Waals surface area contributed by atoms with Crippen LogP contribution < -0.4 is 10.6 Å². The minimum absolute atomic E-state index is 0.0465. The molecule has 0 radical (unpaired) electrons. The Morgan fingerprint density at radius 2 is 1.77 bits per heavy atom. The first-order valence-corrected chi connectivity index (χ1v) is 6.49. The average Bonchev–Trinajstić information content (AvgIpc) is 2.49. The van der Waals surface area contributed by atoms with Gasteiger partial charge in [-0.2, -0.15) is 0 Å². The summed E-state index contributed by atoms with van der Waals surface area (Å²) in [5.74, 6) is -1.10. The number of anilines is 1. The number of rotatable bonds is 3. The molecule has 0 aliphatic carbocycles. The molecule has 112 valence electrons. The van der Waals surface area contributed by atoms with Crippen molar-refractivity contribution in [1.29, 1.82) is 0 Å². The van der Waals surface area contributed by atoms with Gasteiger partial charge in [0.15, 0.2) is 5.11 Å². The van der Waals surface area contributed by atoms with Gasteiger partial charge in [0.25, 0.3) is 11.6 Å². The number of nitrogens with zero attached hydrogens (tertiary/aromatic N) is 1. The van der Waals surface area contributed by atoms with Crippen molar-refractivity contribution in [1.82, 2.24) is 5.32 Å². The second-order valence-corrected chi connectivity index (χ2v) is 4.60. The Morgan fingerprint density at radius 3 is 2.41 bits per heavy atom. The molecule has 6 nitrogen and oxygen atoms in total. The number of nitro groups is 1. The van der Waals surface area contributed by atoms with Crippen LogP contribution >= 0.6 is 12.2 Å². The second kappa shape index (κ2) is 6.72. The molecule has 0 aliphatic rings. The molecule has 0 fully saturated rings. The lowest BCUT2D eigenvalue weighted by molar-refractivity contribution is -0.385. The summed E-state index contributed by atoms with van der Waals surface area (Å²) in [5, 5.41) is 15.8. The highest BCUT2D eigenvalue weighted by Crippen LogP contribution is 2.17. The number of nitro benzene ring substituents is 1. The topological polar surface area (TPSA) is 84.3 Å². The molecule has 0 unspecified atom stereocenters. The van der Waals surface area contributed by atoms with Crippen LogP contribution in [0.1, 0.15) is 10.4 Å². The van der Waals surface area contributed by atoms with Gasteiger partial charge in [-0.1, -0.05) is 12.1 Å². The summed E-state index contributed by atoms with van der Waals surface area (Å²) >= 11 is 4.95. The zero-order valence-electron chi connectivity index (χ0n) is 11.1. The van der Waals surface area contributed by atoms with Crippen LogP contribution in [0, 0.1) is 15.9 Å². The van der Waals surface area contributed by atoms with Gasteiger partial charge >= 0.3 is 0 Å². The third-order valence-electron chi connectivity index (χ3n) is 2.67. The van der Waals surface area contributed by atoms with E-state index in [9.17, 15) is 19.3 Å². The molecule has 0 spiro atoms. The van der Waals surface area contributed by atoms with Gasteiger partial charge in [-0.25, -0.2) is 4.39 Å². The Hall–Kier alpha value is -2.87. The lowest BCUT2D eigenvalue weighted by Crippen LogP contribution is -2.34. The fraction of sp³-hybridized carbons (Fsp3) is 0. The fourth-order valence-corrected chi connectivity index (χ4v) is 1.90. The first-order chi connectivity index (χ1) is 10.5. The van der Waals surface area contributed by atoms with Crippen molar-refractivity contribution >= 4 is 34.6 Å². The molecular formula is C14H10FN3O3S. The number of halogens is 1. The molecule has 0 saturated carbocycles. The molecule has 0 aromatic heterocycles. The molecule has 8 heteroatoms. The first-order valence-electron chi connectivity index (χ1n) is 6.08. The molecule has 1 amide bonds. The number of benzene rings is 2. The van der Waals surface area contributed by atoms with Crippen molar-refractivity contribution < 1.29 is 14.1 Å². The van der Waals surface area contributed by atoms with Crippen LogP contribution in [0.15, 0.2) is 48.5 Å². The molecule has 0 heterocycles. The van der Waals surface area contributed by atoms with E-state index in [0.29, 0.717) is 5.69 Å². The molecule has 2 N–H and O–H groups in total. The maximum absolute atomic E-state index is 12.8. The van der Waals surface area contributed by atoms with Gasteiger partial charge in [-0.3, -0.25) is 20.2 Å². The zero-order valence-corrected chi connectivity index (χ0v) is 11.9. The molecule has 0 saturated heterocycles. The summed E-state index contributed by atoms with van der Waals surface area (Å²) in [4.78, 5) is 22.3. The molecule has 0 atom stereocenters. The van der Waals surface area contributed by atoms with Gasteiger partial charge in [0.2, 0.25) is 0 Å². The highest BCUT2D eigenvalue weighted by Gasteiger charge is 2.19. The Labute approximate surface area is 130 Å². The van der Waals surface area contributed by atoms with Crippen LogP contribution in [0.4, 0.5) is 15.8 Å². The van der Waals surface area contributed by atoms with Gasteiger partial charge in [0.05, 0.1) is 4.92 Å². The van der Waals surface area contributed by atoms with Gasteiger partial charge in [-0.15, -0.1) is 0 Å². The van der Waals surface area contributed by atoms with Crippen LogP contribution in [-0.2, 0) is 0 Å². The Bertz CT molecular complexity index is 734. The van der Waals surface area contributed by atoms with Crippen molar-refractivity contribution in [3.63, 3.8) is 0 Å². The van der Waals surface area contributed by atoms with E-state index in [2.05, 4.69) is 10.6 Å². The van der Waals surface area contributed by atoms with Crippen molar-refractivity contribution in [3.05, 3.63) is 70.0 Å². The molecule has 22 heavy (non-hydrogen) atoms. The van der Waals surface area contributed by atoms with Crippen molar-refractivity contribution in [3.8, 4) is 0 Å². The smallest absolute Gasteiger partial charge is 0.282 e. The van der Waals surface area contributed by atoms with E-state index in [1.54, 1.807) is 0 Å². The Morgan fingerprint density at radius 1 is 1.14 bits per heavy atom. The second-order valence-electron chi connectivity index (χ2n) is 4.19. The van der Waals surface area contributed by atoms with Crippen molar-refractivity contribution in [2.24, 2.45) is 0 Å². The fourth-order valence-electron chi connectivity index (χ4n) is 1.69. The normalized spacial score (nSPS) is 9.86. The number of hydrogen-bond donors (Lipinski definition) is 2. The lowest BCUT2D eigenvalue weighted by atomic mass is 10.1. The van der Waals surface area contributed by atoms with Crippen LogP contribution in [-0.4, -0.2) is 15.9 Å².